The van der Waals surface area contributed by atoms with Gasteiger partial charge in [-0.25, -0.2) is 0 Å². The molecule has 0 amide bonds. The van der Waals surface area contributed by atoms with Crippen LogP contribution in [0, 0.1) is 6.92 Å². The minimum atomic E-state index is 0.538. The number of benzene rings is 2. The van der Waals surface area contributed by atoms with Crippen molar-refractivity contribution >= 4 is 10.9 Å². The van der Waals surface area contributed by atoms with E-state index in [-0.39, 0.29) is 0 Å². The number of hydrogen-bond donors (Lipinski definition) is 1. The molecule has 3 aromatic rings. The van der Waals surface area contributed by atoms with Crippen molar-refractivity contribution < 1.29 is 9.47 Å². The van der Waals surface area contributed by atoms with Gasteiger partial charge in [-0.1, -0.05) is 17.7 Å². The largest absolute Gasteiger partial charge is 0.497 e. The van der Waals surface area contributed by atoms with Gasteiger partial charge in [0.2, 0.25) is 0 Å². The van der Waals surface area contributed by atoms with Crippen LogP contribution in [-0.2, 0) is 6.61 Å². The first kappa shape index (κ1) is 12.6. The van der Waals surface area contributed by atoms with Gasteiger partial charge in [-0.3, -0.25) is 0 Å². The molecule has 1 N–H and O–H groups in total. The van der Waals surface area contributed by atoms with E-state index in [1.165, 1.54) is 10.9 Å². The summed E-state index contributed by atoms with van der Waals surface area (Å²) in [6.07, 6.45) is 2.00. The fraction of sp³-hybridized carbons (Fsp3) is 0.176. The first-order valence-corrected chi connectivity index (χ1v) is 6.60. The monoisotopic (exact) mass is 267 g/mol. The zero-order valence-electron chi connectivity index (χ0n) is 11.6. The summed E-state index contributed by atoms with van der Waals surface area (Å²) in [5.41, 5.74) is 3.55. The van der Waals surface area contributed by atoms with Gasteiger partial charge in [0, 0.05) is 28.7 Å². The standard InChI is InChI=1S/C17H17NO2/c1-12-6-7-17-16(8-12)13(10-18-17)11-20-15-5-3-4-14(9-15)19-2/h3-10,18H,11H2,1-2H3. The van der Waals surface area contributed by atoms with Crippen molar-refractivity contribution in [3.8, 4) is 11.5 Å². The maximum Gasteiger partial charge on any atom is 0.123 e. The minimum Gasteiger partial charge on any atom is -0.497 e. The van der Waals surface area contributed by atoms with Crippen LogP contribution in [-0.4, -0.2) is 12.1 Å². The molecule has 0 atom stereocenters. The molecule has 0 saturated heterocycles. The van der Waals surface area contributed by atoms with Crippen LogP contribution in [0.5, 0.6) is 11.5 Å². The molecule has 1 aromatic heterocycles. The summed E-state index contributed by atoms with van der Waals surface area (Å²) in [7, 11) is 1.65. The molecule has 2 aromatic carbocycles. The lowest BCUT2D eigenvalue weighted by molar-refractivity contribution is 0.305. The second-order valence-electron chi connectivity index (χ2n) is 4.83. The molecule has 0 saturated carbocycles. The smallest absolute Gasteiger partial charge is 0.123 e. The van der Waals surface area contributed by atoms with Gasteiger partial charge < -0.3 is 14.5 Å². The molecule has 3 rings (SSSR count). The quantitative estimate of drug-likeness (QED) is 0.773. The van der Waals surface area contributed by atoms with Crippen LogP contribution in [0.3, 0.4) is 0 Å². The zero-order chi connectivity index (χ0) is 13.9. The summed E-state index contributed by atoms with van der Waals surface area (Å²) in [6, 6.07) is 14.0. The predicted octanol–water partition coefficient (Wildman–Crippen LogP) is 4.06. The molecule has 0 aliphatic heterocycles. The third-order valence-corrected chi connectivity index (χ3v) is 3.36. The highest BCUT2D eigenvalue weighted by atomic mass is 16.5. The lowest BCUT2D eigenvalue weighted by Crippen LogP contribution is -1.95. The van der Waals surface area contributed by atoms with Crippen molar-refractivity contribution in [2.45, 2.75) is 13.5 Å². The number of fused-ring (bicyclic) bond motifs is 1. The number of hydrogen-bond acceptors (Lipinski definition) is 2. The Hall–Kier alpha value is -2.42. The SMILES string of the molecule is COc1cccc(OCc2c[nH]c3ccc(C)cc23)c1. The molecule has 0 fully saturated rings. The Morgan fingerprint density at radius 1 is 1.05 bits per heavy atom. The van der Waals surface area contributed by atoms with Gasteiger partial charge >= 0.3 is 0 Å². The zero-order valence-corrected chi connectivity index (χ0v) is 11.6. The molecular formula is C17H17NO2. The van der Waals surface area contributed by atoms with Gasteiger partial charge in [-0.2, -0.15) is 0 Å². The number of ether oxygens (including phenoxy) is 2. The molecule has 0 unspecified atom stereocenters. The number of aryl methyl sites for hydroxylation is 1. The van der Waals surface area contributed by atoms with Crippen molar-refractivity contribution in [3.05, 3.63) is 59.8 Å². The van der Waals surface area contributed by atoms with Gasteiger partial charge in [0.15, 0.2) is 0 Å². The van der Waals surface area contributed by atoms with Gasteiger partial charge in [-0.05, 0) is 31.2 Å². The van der Waals surface area contributed by atoms with Gasteiger partial charge in [0.25, 0.3) is 0 Å². The molecule has 0 spiro atoms. The fourth-order valence-corrected chi connectivity index (χ4v) is 2.26. The van der Waals surface area contributed by atoms with Crippen LogP contribution in [0.4, 0.5) is 0 Å². The molecule has 0 bridgehead atoms. The molecule has 3 heteroatoms. The highest BCUT2D eigenvalue weighted by molar-refractivity contribution is 5.83. The summed E-state index contributed by atoms with van der Waals surface area (Å²) in [5, 5.41) is 1.22. The number of aromatic nitrogens is 1. The second kappa shape index (κ2) is 5.29. The highest BCUT2D eigenvalue weighted by Gasteiger charge is 2.05. The normalized spacial score (nSPS) is 10.7. The molecule has 3 nitrogen and oxygen atoms in total. The van der Waals surface area contributed by atoms with Crippen molar-refractivity contribution in [1.82, 2.24) is 4.98 Å². The van der Waals surface area contributed by atoms with E-state index in [0.29, 0.717) is 6.61 Å². The van der Waals surface area contributed by atoms with E-state index >= 15 is 0 Å². The number of H-pyrrole nitrogens is 1. The Morgan fingerprint density at radius 2 is 1.90 bits per heavy atom. The van der Waals surface area contributed by atoms with E-state index in [4.69, 9.17) is 9.47 Å². The maximum atomic E-state index is 5.84. The first-order chi connectivity index (χ1) is 9.76. The van der Waals surface area contributed by atoms with Gasteiger partial charge in [-0.15, -0.1) is 0 Å². The third-order valence-electron chi connectivity index (χ3n) is 3.36. The average molecular weight is 267 g/mol. The molecule has 102 valence electrons. The van der Waals surface area contributed by atoms with Crippen LogP contribution >= 0.6 is 0 Å². The molecule has 0 radical (unpaired) electrons. The Bertz CT molecular complexity index is 731. The van der Waals surface area contributed by atoms with Crippen LogP contribution in [0.1, 0.15) is 11.1 Å². The topological polar surface area (TPSA) is 34.2 Å². The lowest BCUT2D eigenvalue weighted by Gasteiger charge is -2.07. The minimum absolute atomic E-state index is 0.538. The van der Waals surface area contributed by atoms with Crippen LogP contribution in [0.15, 0.2) is 48.7 Å². The van der Waals surface area contributed by atoms with Gasteiger partial charge in [0.05, 0.1) is 7.11 Å². The van der Waals surface area contributed by atoms with E-state index < -0.39 is 0 Å². The lowest BCUT2D eigenvalue weighted by atomic mass is 10.1. The summed E-state index contributed by atoms with van der Waals surface area (Å²) < 4.78 is 11.0. The average Bonchev–Trinajstić information content (AvgIpc) is 2.87. The predicted molar refractivity (Wildman–Crippen MR) is 80.4 cm³/mol. The summed E-state index contributed by atoms with van der Waals surface area (Å²) >= 11 is 0. The van der Waals surface area contributed by atoms with Gasteiger partial charge in [0.1, 0.15) is 18.1 Å². The van der Waals surface area contributed by atoms with E-state index in [9.17, 15) is 0 Å². The molecular weight excluding hydrogens is 250 g/mol. The van der Waals surface area contributed by atoms with Crippen LogP contribution < -0.4 is 9.47 Å². The third kappa shape index (κ3) is 2.48. The summed E-state index contributed by atoms with van der Waals surface area (Å²) in [5.74, 6) is 1.61. The van der Waals surface area contributed by atoms with E-state index in [2.05, 4.69) is 30.1 Å². The van der Waals surface area contributed by atoms with Crippen LogP contribution in [0.2, 0.25) is 0 Å². The number of nitrogens with one attached hydrogen (secondary N) is 1. The molecule has 0 aliphatic carbocycles. The van der Waals surface area contributed by atoms with E-state index in [1.807, 2.05) is 30.5 Å². The molecule has 0 aliphatic rings. The van der Waals surface area contributed by atoms with E-state index in [1.54, 1.807) is 7.11 Å². The van der Waals surface area contributed by atoms with Crippen molar-refractivity contribution in [3.63, 3.8) is 0 Å². The highest BCUT2D eigenvalue weighted by Crippen LogP contribution is 2.23. The van der Waals surface area contributed by atoms with Crippen molar-refractivity contribution in [2.24, 2.45) is 0 Å². The Labute approximate surface area is 118 Å². The fourth-order valence-electron chi connectivity index (χ4n) is 2.26. The Morgan fingerprint density at radius 3 is 2.75 bits per heavy atom. The van der Waals surface area contributed by atoms with Crippen LogP contribution in [0.25, 0.3) is 10.9 Å². The number of methoxy groups -OCH3 is 1. The van der Waals surface area contributed by atoms with E-state index in [0.717, 1.165) is 22.6 Å². The first-order valence-electron chi connectivity index (χ1n) is 6.60. The Kier molecular flexibility index (Phi) is 3.33. The number of rotatable bonds is 4. The molecule has 1 heterocycles. The summed E-state index contributed by atoms with van der Waals surface area (Å²) in [4.78, 5) is 3.27. The number of aromatic amines is 1. The molecule has 20 heavy (non-hydrogen) atoms. The van der Waals surface area contributed by atoms with Crippen molar-refractivity contribution in [2.75, 3.05) is 7.11 Å². The maximum absolute atomic E-state index is 5.84. The summed E-state index contributed by atoms with van der Waals surface area (Å²) in [6.45, 7) is 2.63. The van der Waals surface area contributed by atoms with Crippen molar-refractivity contribution in [1.29, 1.82) is 0 Å². The second-order valence-corrected chi connectivity index (χ2v) is 4.83. The Balaban J connectivity index is 1.81.